The lowest BCUT2D eigenvalue weighted by atomic mass is 9.86. The van der Waals surface area contributed by atoms with E-state index in [1.54, 1.807) is 0 Å². The van der Waals surface area contributed by atoms with Crippen LogP contribution >= 0.6 is 0 Å². The van der Waals surface area contributed by atoms with Gasteiger partial charge in [0, 0.05) is 7.11 Å². The maximum atomic E-state index is 5.50. The third-order valence-corrected chi connectivity index (χ3v) is 3.54. The monoisotopic (exact) mass is 140 g/mol. The smallest absolute Gasteiger partial charge is 0.0652 e. The van der Waals surface area contributed by atoms with Crippen molar-refractivity contribution in [3.8, 4) is 0 Å². The van der Waals surface area contributed by atoms with Crippen LogP contribution in [0.15, 0.2) is 0 Å². The van der Waals surface area contributed by atoms with Crippen molar-refractivity contribution in [2.75, 3.05) is 7.11 Å². The van der Waals surface area contributed by atoms with Crippen molar-refractivity contribution in [2.45, 2.75) is 38.7 Å². The molecule has 0 aromatic rings. The Balaban J connectivity index is 2.20. The number of hydrogen-bond acceptors (Lipinski definition) is 1. The summed E-state index contributed by atoms with van der Waals surface area (Å²) in [4.78, 5) is 0. The summed E-state index contributed by atoms with van der Waals surface area (Å²) in [7, 11) is 1.87. The zero-order chi connectivity index (χ0) is 7.19. The van der Waals surface area contributed by atoms with Gasteiger partial charge in [0.15, 0.2) is 0 Å². The van der Waals surface area contributed by atoms with Gasteiger partial charge in [0.05, 0.1) is 6.10 Å². The average Bonchev–Trinajstić information content (AvgIpc) is 2.39. The highest BCUT2D eigenvalue weighted by Crippen LogP contribution is 2.54. The Kier molecular flexibility index (Phi) is 1.31. The molecule has 1 heteroatoms. The van der Waals surface area contributed by atoms with Crippen LogP contribution in [0.5, 0.6) is 0 Å². The fourth-order valence-electron chi connectivity index (χ4n) is 2.93. The molecule has 0 spiro atoms. The van der Waals surface area contributed by atoms with Gasteiger partial charge in [-0.05, 0) is 37.0 Å². The molecule has 0 radical (unpaired) electrons. The first kappa shape index (κ1) is 6.66. The molecule has 1 unspecified atom stereocenters. The molecule has 2 saturated carbocycles. The first-order chi connectivity index (χ1) is 4.76. The van der Waals surface area contributed by atoms with Gasteiger partial charge in [0.25, 0.3) is 0 Å². The van der Waals surface area contributed by atoms with E-state index in [1.165, 1.54) is 25.7 Å². The third kappa shape index (κ3) is 0.672. The van der Waals surface area contributed by atoms with Crippen LogP contribution in [0.1, 0.15) is 32.6 Å². The summed E-state index contributed by atoms with van der Waals surface area (Å²) in [6, 6.07) is 0. The molecule has 2 rings (SSSR count). The van der Waals surface area contributed by atoms with E-state index in [0.29, 0.717) is 11.5 Å². The molecule has 0 heterocycles. The quantitative estimate of drug-likeness (QED) is 0.542. The van der Waals surface area contributed by atoms with E-state index in [2.05, 4.69) is 6.92 Å². The summed E-state index contributed by atoms with van der Waals surface area (Å²) in [6.07, 6.45) is 6.21. The van der Waals surface area contributed by atoms with Crippen LogP contribution in [0.25, 0.3) is 0 Å². The molecule has 2 aliphatic rings. The highest BCUT2D eigenvalue weighted by molar-refractivity contribution is 5.01. The first-order valence-electron chi connectivity index (χ1n) is 4.29. The predicted molar refractivity (Wildman–Crippen MR) is 40.9 cm³/mol. The lowest BCUT2D eigenvalue weighted by molar-refractivity contribution is 0.0261. The molecule has 0 aliphatic heterocycles. The fourth-order valence-corrected chi connectivity index (χ4v) is 2.93. The van der Waals surface area contributed by atoms with Crippen LogP contribution in [-0.4, -0.2) is 13.2 Å². The highest BCUT2D eigenvalue weighted by Gasteiger charge is 2.50. The maximum absolute atomic E-state index is 5.50. The first-order valence-corrected chi connectivity index (χ1v) is 4.29. The van der Waals surface area contributed by atoms with Gasteiger partial charge in [-0.1, -0.05) is 6.92 Å². The normalized spacial score (nSPS) is 52.2. The molecule has 10 heavy (non-hydrogen) atoms. The van der Waals surface area contributed by atoms with E-state index >= 15 is 0 Å². The van der Waals surface area contributed by atoms with E-state index < -0.39 is 0 Å². The summed E-state index contributed by atoms with van der Waals surface area (Å²) >= 11 is 0. The second-order valence-electron chi connectivity index (χ2n) is 4.15. The Bertz CT molecular complexity index is 134. The standard InChI is InChI=1S/C9H16O/c1-9-5-3-7(4-6-9)8(9)10-2/h7-8H,3-6H2,1-2H3. The molecule has 1 atom stereocenters. The Hall–Kier alpha value is -0.0400. The molecule has 2 bridgehead atoms. The Morgan fingerprint density at radius 3 is 2.10 bits per heavy atom. The number of ether oxygens (including phenoxy) is 1. The number of methoxy groups -OCH3 is 1. The average molecular weight is 140 g/mol. The van der Waals surface area contributed by atoms with Gasteiger partial charge in [-0.3, -0.25) is 0 Å². The molecular formula is C9H16O. The lowest BCUT2D eigenvalue weighted by Gasteiger charge is -2.25. The van der Waals surface area contributed by atoms with E-state index in [0.717, 1.165) is 5.92 Å². The summed E-state index contributed by atoms with van der Waals surface area (Å²) in [5.74, 6) is 0.898. The second-order valence-corrected chi connectivity index (χ2v) is 4.15. The SMILES string of the molecule is COC1C2CCC1(C)CC2. The molecule has 0 N–H and O–H groups in total. The minimum Gasteiger partial charge on any atom is -0.381 e. The topological polar surface area (TPSA) is 9.23 Å². The van der Waals surface area contributed by atoms with Crippen molar-refractivity contribution < 1.29 is 4.74 Å². The second kappa shape index (κ2) is 1.97. The van der Waals surface area contributed by atoms with Crippen molar-refractivity contribution in [1.82, 2.24) is 0 Å². The van der Waals surface area contributed by atoms with Gasteiger partial charge in [0.2, 0.25) is 0 Å². The van der Waals surface area contributed by atoms with Crippen LogP contribution in [-0.2, 0) is 4.74 Å². The number of rotatable bonds is 1. The molecule has 0 aromatic heterocycles. The minimum absolute atomic E-state index is 0.555. The van der Waals surface area contributed by atoms with Gasteiger partial charge in [0.1, 0.15) is 0 Å². The molecule has 58 valence electrons. The molecular weight excluding hydrogens is 124 g/mol. The molecule has 0 aromatic carbocycles. The van der Waals surface area contributed by atoms with Gasteiger partial charge in [-0.25, -0.2) is 0 Å². The third-order valence-electron chi connectivity index (χ3n) is 3.54. The van der Waals surface area contributed by atoms with Crippen LogP contribution in [0, 0.1) is 11.3 Å². The van der Waals surface area contributed by atoms with Crippen molar-refractivity contribution in [3.63, 3.8) is 0 Å². The fraction of sp³-hybridized carbons (Fsp3) is 1.00. The van der Waals surface area contributed by atoms with Crippen LogP contribution in [0.3, 0.4) is 0 Å². The van der Waals surface area contributed by atoms with Crippen molar-refractivity contribution >= 4 is 0 Å². The minimum atomic E-state index is 0.555. The predicted octanol–water partition coefficient (Wildman–Crippen LogP) is 2.21. The highest BCUT2D eigenvalue weighted by atomic mass is 16.5. The molecule has 0 saturated heterocycles. The Morgan fingerprint density at radius 1 is 1.30 bits per heavy atom. The van der Waals surface area contributed by atoms with Gasteiger partial charge in [-0.15, -0.1) is 0 Å². The Labute approximate surface area is 62.8 Å². The van der Waals surface area contributed by atoms with Crippen molar-refractivity contribution in [2.24, 2.45) is 11.3 Å². The van der Waals surface area contributed by atoms with Gasteiger partial charge < -0.3 is 4.74 Å². The van der Waals surface area contributed by atoms with E-state index in [9.17, 15) is 0 Å². The summed E-state index contributed by atoms with van der Waals surface area (Å²) in [6.45, 7) is 2.38. The van der Waals surface area contributed by atoms with Gasteiger partial charge in [-0.2, -0.15) is 0 Å². The number of fused-ring (bicyclic) bond motifs is 2. The van der Waals surface area contributed by atoms with E-state index in [-0.39, 0.29) is 0 Å². The Morgan fingerprint density at radius 2 is 1.90 bits per heavy atom. The summed E-state index contributed by atoms with van der Waals surface area (Å²) in [5.41, 5.74) is 0.555. The summed E-state index contributed by atoms with van der Waals surface area (Å²) < 4.78 is 5.50. The molecule has 0 amide bonds. The summed E-state index contributed by atoms with van der Waals surface area (Å²) in [5, 5.41) is 0. The molecule has 2 aliphatic carbocycles. The van der Waals surface area contributed by atoms with Crippen LogP contribution < -0.4 is 0 Å². The molecule has 1 nitrogen and oxygen atoms in total. The number of hydrogen-bond donors (Lipinski definition) is 0. The maximum Gasteiger partial charge on any atom is 0.0652 e. The zero-order valence-corrected chi connectivity index (χ0v) is 6.89. The van der Waals surface area contributed by atoms with Crippen LogP contribution in [0.4, 0.5) is 0 Å². The lowest BCUT2D eigenvalue weighted by Crippen LogP contribution is -2.25. The largest absolute Gasteiger partial charge is 0.381 e. The van der Waals surface area contributed by atoms with Crippen LogP contribution in [0.2, 0.25) is 0 Å². The van der Waals surface area contributed by atoms with E-state index in [4.69, 9.17) is 4.74 Å². The van der Waals surface area contributed by atoms with Crippen molar-refractivity contribution in [1.29, 1.82) is 0 Å². The molecule has 2 fully saturated rings. The van der Waals surface area contributed by atoms with E-state index in [1.807, 2.05) is 7.11 Å². The zero-order valence-electron chi connectivity index (χ0n) is 6.89. The van der Waals surface area contributed by atoms with Crippen molar-refractivity contribution in [3.05, 3.63) is 0 Å². The van der Waals surface area contributed by atoms with Gasteiger partial charge >= 0.3 is 0 Å².